The molecule has 0 saturated heterocycles. The molecule has 0 aromatic heterocycles. The van der Waals surface area contributed by atoms with Gasteiger partial charge in [-0.05, 0) is 19.3 Å². The molecule has 27 heavy (non-hydrogen) atoms. The summed E-state index contributed by atoms with van der Waals surface area (Å²) in [5, 5.41) is 37.7. The Bertz CT molecular complexity index is 337. The Kier molecular flexibility index (Phi) is 18.2. The van der Waals surface area contributed by atoms with Gasteiger partial charge in [-0.2, -0.15) is 0 Å². The third-order valence-electron chi connectivity index (χ3n) is 4.83. The van der Waals surface area contributed by atoms with Gasteiger partial charge in [0.1, 0.15) is 12.7 Å². The zero-order valence-electron chi connectivity index (χ0n) is 17.2. The Morgan fingerprint density at radius 2 is 1.26 bits per heavy atom. The number of ether oxygens (including phenoxy) is 1. The Hall–Kier alpha value is -0.690. The van der Waals surface area contributed by atoms with Crippen LogP contribution in [0, 0.1) is 0 Å². The van der Waals surface area contributed by atoms with Gasteiger partial charge >= 0.3 is 5.97 Å². The van der Waals surface area contributed by atoms with Gasteiger partial charge in [-0.3, -0.25) is 4.79 Å². The van der Waals surface area contributed by atoms with E-state index in [2.05, 4.69) is 6.92 Å². The second-order valence-corrected chi connectivity index (χ2v) is 7.52. The quantitative estimate of drug-likeness (QED) is 0.199. The molecule has 0 aromatic carbocycles. The molecule has 0 fully saturated rings. The largest absolute Gasteiger partial charge is 0.463 e. The fourth-order valence-corrected chi connectivity index (χ4v) is 2.99. The molecule has 3 unspecified atom stereocenters. The van der Waals surface area contributed by atoms with Crippen molar-refractivity contribution in [2.24, 2.45) is 0 Å². The maximum Gasteiger partial charge on any atom is 0.305 e. The normalized spacial score (nSPS) is 14.7. The molecule has 0 bridgehead atoms. The second kappa shape index (κ2) is 18.7. The minimum Gasteiger partial charge on any atom is -0.463 e. The standard InChI is InChI=1S/C21H42O6/c1-2-3-4-5-7-10-13-19(24)20(25)14-11-8-6-9-12-15-21(26)27-17-18(23)16-22/h18-20,22-25H,2-17H2,1H3. The minimum atomic E-state index is -1.00. The van der Waals surface area contributed by atoms with E-state index in [1.54, 1.807) is 0 Å². The van der Waals surface area contributed by atoms with E-state index in [1.165, 1.54) is 25.7 Å². The highest BCUT2D eigenvalue weighted by Crippen LogP contribution is 2.15. The van der Waals surface area contributed by atoms with E-state index in [4.69, 9.17) is 14.9 Å². The third kappa shape index (κ3) is 17.2. The van der Waals surface area contributed by atoms with Gasteiger partial charge in [0.15, 0.2) is 0 Å². The monoisotopic (exact) mass is 390 g/mol. The van der Waals surface area contributed by atoms with Crippen LogP contribution in [-0.4, -0.2) is 57.9 Å². The number of hydrogen-bond donors (Lipinski definition) is 4. The average Bonchev–Trinajstić information content (AvgIpc) is 2.67. The first-order valence-electron chi connectivity index (χ1n) is 10.8. The van der Waals surface area contributed by atoms with Crippen molar-refractivity contribution in [2.45, 2.75) is 115 Å². The maximum absolute atomic E-state index is 11.4. The number of carbonyl (C=O) groups is 1. The molecule has 0 aromatic rings. The Morgan fingerprint density at radius 1 is 0.778 bits per heavy atom. The lowest BCUT2D eigenvalue weighted by Crippen LogP contribution is -2.25. The van der Waals surface area contributed by atoms with Crippen LogP contribution < -0.4 is 0 Å². The van der Waals surface area contributed by atoms with Crippen molar-refractivity contribution >= 4 is 5.97 Å². The van der Waals surface area contributed by atoms with Crippen LogP contribution in [0.15, 0.2) is 0 Å². The molecule has 3 atom stereocenters. The average molecular weight is 391 g/mol. The molecular formula is C21H42O6. The molecule has 0 aliphatic heterocycles. The Balaban J connectivity index is 3.46. The van der Waals surface area contributed by atoms with Gasteiger partial charge < -0.3 is 25.2 Å². The molecule has 0 saturated carbocycles. The number of hydrogen-bond acceptors (Lipinski definition) is 6. The summed E-state index contributed by atoms with van der Waals surface area (Å²) in [4.78, 5) is 11.4. The van der Waals surface area contributed by atoms with E-state index in [-0.39, 0.29) is 12.6 Å². The molecule has 0 radical (unpaired) electrons. The lowest BCUT2D eigenvalue weighted by molar-refractivity contribution is -0.147. The van der Waals surface area contributed by atoms with E-state index < -0.39 is 24.9 Å². The summed E-state index contributed by atoms with van der Waals surface area (Å²) < 4.78 is 4.83. The van der Waals surface area contributed by atoms with Gasteiger partial charge in [0.25, 0.3) is 0 Å². The highest BCUT2D eigenvalue weighted by Gasteiger charge is 2.15. The highest BCUT2D eigenvalue weighted by atomic mass is 16.5. The molecular weight excluding hydrogens is 348 g/mol. The Morgan fingerprint density at radius 3 is 1.78 bits per heavy atom. The smallest absolute Gasteiger partial charge is 0.305 e. The molecule has 0 aliphatic rings. The van der Waals surface area contributed by atoms with Crippen molar-refractivity contribution in [1.29, 1.82) is 0 Å². The van der Waals surface area contributed by atoms with Crippen LogP contribution in [0.4, 0.5) is 0 Å². The van der Waals surface area contributed by atoms with Crippen molar-refractivity contribution in [1.82, 2.24) is 0 Å². The third-order valence-corrected chi connectivity index (χ3v) is 4.83. The summed E-state index contributed by atoms with van der Waals surface area (Å²) in [5.74, 6) is -0.351. The SMILES string of the molecule is CCCCCCCCC(O)C(O)CCCCCCCC(=O)OCC(O)CO. The van der Waals surface area contributed by atoms with Crippen LogP contribution in [0.5, 0.6) is 0 Å². The highest BCUT2D eigenvalue weighted by molar-refractivity contribution is 5.69. The van der Waals surface area contributed by atoms with Gasteiger partial charge in [0.2, 0.25) is 0 Å². The summed E-state index contributed by atoms with van der Waals surface area (Å²) in [6.45, 7) is 1.63. The fourth-order valence-electron chi connectivity index (χ4n) is 2.99. The lowest BCUT2D eigenvalue weighted by Gasteiger charge is -2.17. The maximum atomic E-state index is 11.4. The van der Waals surface area contributed by atoms with Crippen molar-refractivity contribution < 1.29 is 30.0 Å². The number of rotatable bonds is 19. The zero-order valence-corrected chi connectivity index (χ0v) is 17.2. The van der Waals surface area contributed by atoms with E-state index >= 15 is 0 Å². The van der Waals surface area contributed by atoms with Gasteiger partial charge in [0.05, 0.1) is 18.8 Å². The predicted octanol–water partition coefficient (Wildman–Crippen LogP) is 3.09. The number of unbranched alkanes of at least 4 members (excludes halogenated alkanes) is 9. The number of aliphatic hydroxyl groups excluding tert-OH is 4. The summed E-state index contributed by atoms with van der Waals surface area (Å²) in [7, 11) is 0. The van der Waals surface area contributed by atoms with Crippen LogP contribution in [0.3, 0.4) is 0 Å². The van der Waals surface area contributed by atoms with Crippen LogP contribution in [-0.2, 0) is 9.53 Å². The molecule has 6 heteroatoms. The molecule has 0 aliphatic carbocycles. The van der Waals surface area contributed by atoms with E-state index in [0.717, 1.165) is 44.9 Å². The van der Waals surface area contributed by atoms with Crippen molar-refractivity contribution in [3.8, 4) is 0 Å². The molecule has 0 amide bonds. The predicted molar refractivity (Wildman–Crippen MR) is 106 cm³/mol. The molecule has 0 rings (SSSR count). The van der Waals surface area contributed by atoms with Gasteiger partial charge in [-0.25, -0.2) is 0 Å². The topological polar surface area (TPSA) is 107 Å². The van der Waals surface area contributed by atoms with Crippen LogP contribution in [0.2, 0.25) is 0 Å². The van der Waals surface area contributed by atoms with E-state index in [1.807, 2.05) is 0 Å². The number of aliphatic hydroxyl groups is 4. The zero-order chi connectivity index (χ0) is 20.3. The summed E-state index contributed by atoms with van der Waals surface area (Å²) in [6.07, 6.45) is 10.9. The number of esters is 1. The first-order valence-corrected chi connectivity index (χ1v) is 10.8. The summed E-state index contributed by atoms with van der Waals surface area (Å²) in [6, 6.07) is 0. The first-order chi connectivity index (χ1) is 13.0. The molecule has 0 spiro atoms. The molecule has 162 valence electrons. The fraction of sp³-hybridized carbons (Fsp3) is 0.952. The van der Waals surface area contributed by atoms with Crippen molar-refractivity contribution in [3.63, 3.8) is 0 Å². The summed E-state index contributed by atoms with van der Waals surface area (Å²) in [5.41, 5.74) is 0. The van der Waals surface area contributed by atoms with Crippen LogP contribution >= 0.6 is 0 Å². The van der Waals surface area contributed by atoms with E-state index in [9.17, 15) is 15.0 Å². The van der Waals surface area contributed by atoms with Gasteiger partial charge in [-0.15, -0.1) is 0 Å². The van der Waals surface area contributed by atoms with Crippen molar-refractivity contribution in [3.05, 3.63) is 0 Å². The van der Waals surface area contributed by atoms with Crippen LogP contribution in [0.1, 0.15) is 96.8 Å². The van der Waals surface area contributed by atoms with Gasteiger partial charge in [-0.1, -0.05) is 71.1 Å². The molecule has 0 heterocycles. The lowest BCUT2D eigenvalue weighted by atomic mass is 9.99. The molecule has 4 N–H and O–H groups in total. The van der Waals surface area contributed by atoms with E-state index in [0.29, 0.717) is 19.3 Å². The first kappa shape index (κ1) is 26.3. The van der Waals surface area contributed by atoms with Crippen molar-refractivity contribution in [2.75, 3.05) is 13.2 Å². The van der Waals surface area contributed by atoms with Crippen LogP contribution in [0.25, 0.3) is 0 Å². The second-order valence-electron chi connectivity index (χ2n) is 7.52. The number of carbonyl (C=O) groups excluding carboxylic acids is 1. The van der Waals surface area contributed by atoms with Gasteiger partial charge in [0, 0.05) is 6.42 Å². The summed E-state index contributed by atoms with van der Waals surface area (Å²) >= 11 is 0. The molecule has 6 nitrogen and oxygen atoms in total. The Labute approximate surface area is 164 Å². The minimum absolute atomic E-state index is 0.158.